The molecule has 0 radical (unpaired) electrons. The number of hydrogen-bond acceptors (Lipinski definition) is 5. The van der Waals surface area contributed by atoms with E-state index in [4.69, 9.17) is 9.47 Å². The van der Waals surface area contributed by atoms with Crippen LogP contribution in [0.4, 0.5) is 18.9 Å². The number of carbonyl (C=O) groups excluding carboxylic acids is 2. The van der Waals surface area contributed by atoms with Gasteiger partial charge in [-0.2, -0.15) is 13.2 Å². The second-order valence-corrected chi connectivity index (χ2v) is 7.25. The maximum atomic E-state index is 13.5. The Morgan fingerprint density at radius 1 is 1.33 bits per heavy atom. The van der Waals surface area contributed by atoms with Crippen LogP contribution < -0.4 is 15.0 Å². The molecule has 2 amide bonds. The first-order valence-electron chi connectivity index (χ1n) is 9.12. The first kappa shape index (κ1) is 20.1. The fraction of sp³-hybridized carbons (Fsp3) is 0.350. The SMILES string of the molecule is CN1C(=O)[C@@H](NC(=O)c2cc3c(cn2)COC3(C)C(F)(F)F)COc2ccccc21. The van der Waals surface area contributed by atoms with Crippen molar-refractivity contribution in [2.24, 2.45) is 0 Å². The summed E-state index contributed by atoms with van der Waals surface area (Å²) in [6.45, 7) is 0.536. The van der Waals surface area contributed by atoms with Crippen molar-refractivity contribution < 1.29 is 32.2 Å². The largest absolute Gasteiger partial charge is 0.489 e. The lowest BCUT2D eigenvalue weighted by molar-refractivity contribution is -0.272. The Balaban J connectivity index is 1.57. The molecule has 2 aliphatic heterocycles. The zero-order valence-electron chi connectivity index (χ0n) is 16.1. The molecule has 1 unspecified atom stereocenters. The smallest absolute Gasteiger partial charge is 0.421 e. The van der Waals surface area contributed by atoms with Crippen LogP contribution in [-0.4, -0.2) is 42.7 Å². The third-order valence-corrected chi connectivity index (χ3v) is 5.36. The number of rotatable bonds is 2. The molecule has 1 aromatic carbocycles. The molecular formula is C20H18F3N3O4. The summed E-state index contributed by atoms with van der Waals surface area (Å²) in [5.74, 6) is -0.715. The summed E-state index contributed by atoms with van der Waals surface area (Å²) in [7, 11) is 1.55. The van der Waals surface area contributed by atoms with Gasteiger partial charge < -0.3 is 19.7 Å². The number of nitrogens with zero attached hydrogens (tertiary/aromatic N) is 2. The van der Waals surface area contributed by atoms with Gasteiger partial charge >= 0.3 is 6.18 Å². The average molecular weight is 421 g/mol. The maximum absolute atomic E-state index is 13.5. The van der Waals surface area contributed by atoms with Gasteiger partial charge in [0.05, 0.1) is 12.3 Å². The normalized spacial score (nSPS) is 23.3. The number of carbonyl (C=O) groups is 2. The minimum absolute atomic E-state index is 0.125. The lowest BCUT2D eigenvalue weighted by Crippen LogP contribution is -2.49. The van der Waals surface area contributed by atoms with Crippen molar-refractivity contribution in [1.29, 1.82) is 0 Å². The summed E-state index contributed by atoms with van der Waals surface area (Å²) in [5.41, 5.74) is -2.12. The Kier molecular flexibility index (Phi) is 4.69. The van der Waals surface area contributed by atoms with Crippen molar-refractivity contribution in [3.05, 3.63) is 53.3 Å². The van der Waals surface area contributed by atoms with E-state index in [1.165, 1.54) is 11.1 Å². The number of benzene rings is 1. The fourth-order valence-electron chi connectivity index (χ4n) is 3.49. The second-order valence-electron chi connectivity index (χ2n) is 7.25. The van der Waals surface area contributed by atoms with Crippen molar-refractivity contribution in [1.82, 2.24) is 10.3 Å². The lowest BCUT2D eigenvalue weighted by atomic mass is 9.94. The van der Waals surface area contributed by atoms with Crippen molar-refractivity contribution in [3.8, 4) is 5.75 Å². The highest BCUT2D eigenvalue weighted by Crippen LogP contribution is 2.47. The molecule has 1 aromatic heterocycles. The van der Waals surface area contributed by atoms with Crippen molar-refractivity contribution in [3.63, 3.8) is 0 Å². The summed E-state index contributed by atoms with van der Waals surface area (Å²) in [6, 6.07) is 6.94. The molecule has 4 rings (SSSR count). The molecule has 10 heteroatoms. The van der Waals surface area contributed by atoms with Gasteiger partial charge in [0.25, 0.3) is 11.8 Å². The Morgan fingerprint density at radius 2 is 2.07 bits per heavy atom. The predicted octanol–water partition coefficient (Wildman–Crippen LogP) is 2.54. The zero-order chi connectivity index (χ0) is 21.7. The topological polar surface area (TPSA) is 80.8 Å². The van der Waals surface area contributed by atoms with Crippen molar-refractivity contribution in [2.45, 2.75) is 31.3 Å². The van der Waals surface area contributed by atoms with Gasteiger partial charge in [-0.15, -0.1) is 0 Å². The highest BCUT2D eigenvalue weighted by atomic mass is 19.4. The molecule has 2 aliphatic rings. The molecular weight excluding hydrogens is 403 g/mol. The number of para-hydroxylation sites is 2. The van der Waals surface area contributed by atoms with E-state index < -0.39 is 29.6 Å². The van der Waals surface area contributed by atoms with Crippen molar-refractivity contribution in [2.75, 3.05) is 18.6 Å². The van der Waals surface area contributed by atoms with Crippen LogP contribution >= 0.6 is 0 Å². The molecule has 0 aliphatic carbocycles. The standard InChI is InChI=1S/C20H18F3N3O4/c1-19(20(21,22)23)12-7-13(24-8-11(12)9-30-19)17(27)25-14-10-29-16-6-4-3-5-15(16)26(2)18(14)28/h3-8,14H,9-10H2,1-2H3,(H,25,27)/t14-,19?/m0/s1. The number of pyridine rings is 1. The molecule has 0 bridgehead atoms. The third kappa shape index (κ3) is 3.17. The van der Waals surface area contributed by atoms with E-state index in [0.717, 1.165) is 13.0 Å². The number of nitrogens with one attached hydrogen (secondary N) is 1. The summed E-state index contributed by atoms with van der Waals surface area (Å²) >= 11 is 0. The quantitative estimate of drug-likeness (QED) is 0.806. The Morgan fingerprint density at radius 3 is 2.80 bits per heavy atom. The zero-order valence-corrected chi connectivity index (χ0v) is 16.1. The number of likely N-dealkylation sites (N-methyl/N-ethyl adjacent to an activating group) is 1. The molecule has 0 saturated carbocycles. The number of alkyl halides is 3. The van der Waals surface area contributed by atoms with Crippen LogP contribution in [0.1, 0.15) is 28.5 Å². The Bertz CT molecular complexity index is 1030. The molecule has 0 spiro atoms. The number of aromatic nitrogens is 1. The van der Waals surface area contributed by atoms with Gasteiger partial charge in [-0.3, -0.25) is 14.6 Å². The van der Waals surface area contributed by atoms with Gasteiger partial charge in [0, 0.05) is 24.4 Å². The van der Waals surface area contributed by atoms with Crippen LogP contribution in [0.2, 0.25) is 0 Å². The second kappa shape index (κ2) is 6.98. The summed E-state index contributed by atoms with van der Waals surface area (Å²) < 4.78 is 51.0. The Hall–Kier alpha value is -3.14. The van der Waals surface area contributed by atoms with E-state index >= 15 is 0 Å². The van der Waals surface area contributed by atoms with E-state index in [1.54, 1.807) is 31.3 Å². The maximum Gasteiger partial charge on any atom is 0.421 e. The van der Waals surface area contributed by atoms with Gasteiger partial charge in [0.2, 0.25) is 0 Å². The average Bonchev–Trinajstić information content (AvgIpc) is 3.02. The molecule has 7 nitrogen and oxygen atoms in total. The van der Waals surface area contributed by atoms with Gasteiger partial charge in [0.1, 0.15) is 24.1 Å². The molecule has 0 saturated heterocycles. The first-order valence-corrected chi connectivity index (χ1v) is 9.12. The highest BCUT2D eigenvalue weighted by Gasteiger charge is 2.57. The lowest BCUT2D eigenvalue weighted by Gasteiger charge is -2.27. The minimum Gasteiger partial charge on any atom is -0.489 e. The number of ether oxygens (including phenoxy) is 2. The number of anilines is 1. The highest BCUT2D eigenvalue weighted by molar-refractivity contribution is 6.02. The molecule has 2 aromatic rings. The molecule has 158 valence electrons. The number of halogens is 3. The van der Waals surface area contributed by atoms with Crippen LogP contribution in [-0.2, 0) is 21.7 Å². The fourth-order valence-corrected chi connectivity index (χ4v) is 3.49. The molecule has 3 heterocycles. The van der Waals surface area contributed by atoms with Crippen LogP contribution in [0, 0.1) is 0 Å². The van der Waals surface area contributed by atoms with Gasteiger partial charge in [0.15, 0.2) is 5.60 Å². The van der Waals surface area contributed by atoms with Crippen LogP contribution in [0.3, 0.4) is 0 Å². The third-order valence-electron chi connectivity index (χ3n) is 5.36. The molecule has 30 heavy (non-hydrogen) atoms. The van der Waals surface area contributed by atoms with E-state index in [-0.39, 0.29) is 30.0 Å². The summed E-state index contributed by atoms with van der Waals surface area (Å²) in [5, 5.41) is 2.51. The van der Waals surface area contributed by atoms with Gasteiger partial charge in [-0.25, -0.2) is 0 Å². The van der Waals surface area contributed by atoms with Gasteiger partial charge in [-0.05, 0) is 25.1 Å². The molecule has 0 fully saturated rings. The first-order chi connectivity index (χ1) is 14.1. The van der Waals surface area contributed by atoms with Crippen molar-refractivity contribution >= 4 is 17.5 Å². The van der Waals surface area contributed by atoms with Crippen LogP contribution in [0.25, 0.3) is 0 Å². The summed E-state index contributed by atoms with van der Waals surface area (Å²) in [4.78, 5) is 30.7. The molecule has 2 atom stereocenters. The number of fused-ring (bicyclic) bond motifs is 2. The van der Waals surface area contributed by atoms with E-state index in [1.807, 2.05) is 0 Å². The van der Waals surface area contributed by atoms with Crippen LogP contribution in [0.15, 0.2) is 36.5 Å². The monoisotopic (exact) mass is 421 g/mol. The Labute approximate surface area is 169 Å². The number of hydrogen-bond donors (Lipinski definition) is 1. The predicted molar refractivity (Wildman–Crippen MR) is 99.0 cm³/mol. The van der Waals surface area contributed by atoms with E-state index in [2.05, 4.69) is 10.3 Å². The van der Waals surface area contributed by atoms with E-state index in [0.29, 0.717) is 11.4 Å². The summed E-state index contributed by atoms with van der Waals surface area (Å²) in [6.07, 6.45) is -3.47. The number of amides is 2. The van der Waals surface area contributed by atoms with Gasteiger partial charge in [-0.1, -0.05) is 12.1 Å². The van der Waals surface area contributed by atoms with Crippen LogP contribution in [0.5, 0.6) is 5.75 Å². The minimum atomic E-state index is -4.66. The van der Waals surface area contributed by atoms with E-state index in [9.17, 15) is 22.8 Å². The molecule has 1 N–H and O–H groups in total.